The Kier molecular flexibility index (Phi) is 1.70. The summed E-state index contributed by atoms with van der Waals surface area (Å²) in [5.41, 5.74) is 4.71. The number of hydrogen-bond donors (Lipinski definition) is 0. The first kappa shape index (κ1) is 10.0. The topological polar surface area (TPSA) is 30.4 Å². The first-order valence-electron chi connectivity index (χ1n) is 6.59. The van der Waals surface area contributed by atoms with Crippen molar-refractivity contribution < 1.29 is 4.42 Å². The van der Waals surface area contributed by atoms with Gasteiger partial charge in [0.05, 0.1) is 5.52 Å². The fourth-order valence-corrected chi connectivity index (χ4v) is 2.91. The summed E-state index contributed by atoms with van der Waals surface area (Å²) in [6.45, 7) is 0. The molecule has 5 rings (SSSR count). The Balaban J connectivity index is 2.10. The van der Waals surface area contributed by atoms with E-state index in [1.54, 1.807) is 0 Å². The number of nitrogens with zero attached hydrogens (tertiary/aromatic N) is 2. The van der Waals surface area contributed by atoms with Crippen molar-refractivity contribution in [1.29, 1.82) is 0 Å². The number of hydrogen-bond acceptors (Lipinski definition) is 2. The Hall–Kier alpha value is -2.81. The van der Waals surface area contributed by atoms with Crippen LogP contribution in [-0.2, 0) is 0 Å². The van der Waals surface area contributed by atoms with Crippen LogP contribution in [0.25, 0.3) is 38.6 Å². The molecule has 3 heteroatoms. The molecule has 3 heterocycles. The molecule has 0 aliphatic carbocycles. The molecule has 0 N–H and O–H groups in total. The second-order valence-electron chi connectivity index (χ2n) is 4.95. The van der Waals surface area contributed by atoms with Gasteiger partial charge in [-0.15, -0.1) is 0 Å². The number of fused-ring (bicyclic) bond motifs is 7. The molecule has 0 unspecified atom stereocenters. The van der Waals surface area contributed by atoms with Crippen molar-refractivity contribution in [3.05, 3.63) is 60.8 Å². The van der Waals surface area contributed by atoms with Gasteiger partial charge in [-0.25, -0.2) is 4.98 Å². The van der Waals surface area contributed by atoms with E-state index in [-0.39, 0.29) is 0 Å². The van der Waals surface area contributed by atoms with Crippen LogP contribution in [-0.4, -0.2) is 9.38 Å². The average Bonchev–Trinajstić information content (AvgIpc) is 3.05. The van der Waals surface area contributed by atoms with Crippen LogP contribution in [0.2, 0.25) is 0 Å². The van der Waals surface area contributed by atoms with Gasteiger partial charge in [-0.05, 0) is 30.3 Å². The minimum Gasteiger partial charge on any atom is -0.454 e. The van der Waals surface area contributed by atoms with Gasteiger partial charge in [0.25, 0.3) is 0 Å². The van der Waals surface area contributed by atoms with Crippen LogP contribution >= 0.6 is 0 Å². The van der Waals surface area contributed by atoms with Crippen molar-refractivity contribution >= 4 is 38.6 Å². The normalized spacial score (nSPS) is 12.0. The van der Waals surface area contributed by atoms with Gasteiger partial charge in [0.15, 0.2) is 5.58 Å². The monoisotopic (exact) mass is 258 g/mol. The van der Waals surface area contributed by atoms with Gasteiger partial charge in [0.2, 0.25) is 0 Å². The summed E-state index contributed by atoms with van der Waals surface area (Å²) in [6.07, 6.45) is 2.03. The first-order valence-corrected chi connectivity index (χ1v) is 6.59. The number of rotatable bonds is 0. The van der Waals surface area contributed by atoms with Gasteiger partial charge in [0, 0.05) is 17.0 Å². The third-order valence-corrected chi connectivity index (χ3v) is 3.82. The Morgan fingerprint density at radius 1 is 0.850 bits per heavy atom. The van der Waals surface area contributed by atoms with Crippen molar-refractivity contribution in [3.63, 3.8) is 0 Å². The maximum Gasteiger partial charge on any atom is 0.163 e. The van der Waals surface area contributed by atoms with Gasteiger partial charge in [0.1, 0.15) is 16.7 Å². The van der Waals surface area contributed by atoms with E-state index in [1.165, 1.54) is 0 Å². The van der Waals surface area contributed by atoms with E-state index in [0.29, 0.717) is 0 Å². The smallest absolute Gasteiger partial charge is 0.163 e. The van der Waals surface area contributed by atoms with E-state index in [0.717, 1.165) is 38.6 Å². The lowest BCUT2D eigenvalue weighted by Crippen LogP contribution is -1.80. The summed E-state index contributed by atoms with van der Waals surface area (Å²) in [5, 5.41) is 2.26. The highest BCUT2D eigenvalue weighted by molar-refractivity contribution is 6.13. The second kappa shape index (κ2) is 3.39. The van der Waals surface area contributed by atoms with E-state index in [2.05, 4.69) is 22.6 Å². The number of imidazole rings is 1. The molecule has 0 bridgehead atoms. The summed E-state index contributed by atoms with van der Waals surface area (Å²) < 4.78 is 8.10. The Morgan fingerprint density at radius 2 is 1.75 bits per heavy atom. The number of para-hydroxylation sites is 1. The van der Waals surface area contributed by atoms with Crippen molar-refractivity contribution in [3.8, 4) is 0 Å². The molecule has 0 amide bonds. The van der Waals surface area contributed by atoms with Crippen LogP contribution in [0.3, 0.4) is 0 Å². The third-order valence-electron chi connectivity index (χ3n) is 3.82. The number of benzene rings is 2. The molecule has 20 heavy (non-hydrogen) atoms. The number of pyridine rings is 1. The molecule has 0 aliphatic rings. The summed E-state index contributed by atoms with van der Waals surface area (Å²) in [5.74, 6) is 0. The maximum atomic E-state index is 6.02. The predicted octanol–water partition coefficient (Wildman–Crippen LogP) is 4.39. The SMILES string of the molecule is c1ccc2c(c1)oc1c2ccc2c1nc1ccccn12. The number of aromatic nitrogens is 2. The lowest BCUT2D eigenvalue weighted by Gasteiger charge is -1.94. The van der Waals surface area contributed by atoms with Crippen molar-refractivity contribution in [2.24, 2.45) is 0 Å². The predicted molar refractivity (Wildman–Crippen MR) is 80.0 cm³/mol. The van der Waals surface area contributed by atoms with Gasteiger partial charge < -0.3 is 4.42 Å². The lowest BCUT2D eigenvalue weighted by atomic mass is 10.1. The highest BCUT2D eigenvalue weighted by atomic mass is 16.3. The largest absolute Gasteiger partial charge is 0.454 e. The quantitative estimate of drug-likeness (QED) is 0.412. The molecule has 0 atom stereocenters. The van der Waals surface area contributed by atoms with Gasteiger partial charge in [-0.2, -0.15) is 0 Å². The fraction of sp³-hybridized carbons (Fsp3) is 0. The zero-order valence-corrected chi connectivity index (χ0v) is 10.6. The molecule has 94 valence electrons. The van der Waals surface area contributed by atoms with Crippen LogP contribution < -0.4 is 0 Å². The third kappa shape index (κ3) is 1.12. The van der Waals surface area contributed by atoms with Crippen molar-refractivity contribution in [2.75, 3.05) is 0 Å². The summed E-state index contributed by atoms with van der Waals surface area (Å²) >= 11 is 0. The summed E-state index contributed by atoms with van der Waals surface area (Å²) in [7, 11) is 0. The molecule has 0 radical (unpaired) electrons. The summed E-state index contributed by atoms with van der Waals surface area (Å²) in [6, 6.07) is 18.4. The molecule has 0 aliphatic heterocycles. The highest BCUT2D eigenvalue weighted by Gasteiger charge is 2.13. The van der Waals surface area contributed by atoms with Crippen LogP contribution in [0.5, 0.6) is 0 Å². The molecular formula is C17H10N2O. The van der Waals surface area contributed by atoms with Crippen LogP contribution in [0, 0.1) is 0 Å². The molecule has 0 saturated carbocycles. The Morgan fingerprint density at radius 3 is 2.75 bits per heavy atom. The van der Waals surface area contributed by atoms with E-state index in [9.17, 15) is 0 Å². The molecule has 3 aromatic heterocycles. The number of furan rings is 1. The van der Waals surface area contributed by atoms with Crippen LogP contribution in [0.4, 0.5) is 0 Å². The second-order valence-corrected chi connectivity index (χ2v) is 4.95. The summed E-state index contributed by atoms with van der Waals surface area (Å²) in [4.78, 5) is 4.71. The van der Waals surface area contributed by atoms with E-state index in [4.69, 9.17) is 9.40 Å². The molecular weight excluding hydrogens is 248 g/mol. The van der Waals surface area contributed by atoms with Gasteiger partial charge in [-0.3, -0.25) is 4.40 Å². The minimum absolute atomic E-state index is 0.868. The van der Waals surface area contributed by atoms with Crippen LogP contribution in [0.1, 0.15) is 0 Å². The zero-order valence-electron chi connectivity index (χ0n) is 10.6. The van der Waals surface area contributed by atoms with E-state index < -0.39 is 0 Å². The highest BCUT2D eigenvalue weighted by Crippen LogP contribution is 2.33. The van der Waals surface area contributed by atoms with E-state index in [1.807, 2.05) is 42.6 Å². The average molecular weight is 258 g/mol. The molecule has 2 aromatic carbocycles. The first-order chi connectivity index (χ1) is 9.92. The Labute approximate surface area is 114 Å². The molecule has 0 saturated heterocycles. The molecule has 0 fully saturated rings. The van der Waals surface area contributed by atoms with E-state index >= 15 is 0 Å². The minimum atomic E-state index is 0.868. The fourth-order valence-electron chi connectivity index (χ4n) is 2.91. The van der Waals surface area contributed by atoms with Crippen LogP contribution in [0.15, 0.2) is 65.2 Å². The molecule has 3 nitrogen and oxygen atoms in total. The Bertz CT molecular complexity index is 1010. The molecule has 5 aromatic rings. The maximum absolute atomic E-state index is 6.02. The molecule has 0 spiro atoms. The van der Waals surface area contributed by atoms with Crippen molar-refractivity contribution in [2.45, 2.75) is 0 Å². The van der Waals surface area contributed by atoms with Gasteiger partial charge in [-0.1, -0.05) is 24.3 Å². The standard InChI is InChI=1S/C17H10N2O/c1-2-6-14-11(5-1)12-8-9-13-16(17(12)20-14)18-15-7-3-4-10-19(13)15/h1-10H. The van der Waals surface area contributed by atoms with Crippen molar-refractivity contribution in [1.82, 2.24) is 9.38 Å². The lowest BCUT2D eigenvalue weighted by molar-refractivity contribution is 0.672. The van der Waals surface area contributed by atoms with Gasteiger partial charge >= 0.3 is 0 Å². The zero-order chi connectivity index (χ0) is 13.1.